The Bertz CT molecular complexity index is 334. The first kappa shape index (κ1) is 11.4. The van der Waals surface area contributed by atoms with Gasteiger partial charge in [0.1, 0.15) is 5.75 Å². The molecule has 0 unspecified atom stereocenters. The maximum atomic E-state index is 5.98. The molecule has 1 saturated carbocycles. The topological polar surface area (TPSA) is 22.1 Å². The largest absolute Gasteiger partial charge is 0.490 e. The minimum Gasteiger partial charge on any atom is -0.490 e. The second-order valence-corrected chi connectivity index (χ2v) is 5.59. The standard InChI is InChI=1S/C14H21NO/c1-11-10-13(4-7-14(11,2)3)16-12-5-8-15-9-6-12/h5-6,8-9,11,13H,4,7,10H2,1-3H3/t11-,13-/m0/s1. The van der Waals surface area contributed by atoms with Crippen LogP contribution in [0.4, 0.5) is 0 Å². The van der Waals surface area contributed by atoms with Crippen LogP contribution in [0, 0.1) is 11.3 Å². The monoisotopic (exact) mass is 219 g/mol. The molecule has 1 aromatic heterocycles. The zero-order valence-electron chi connectivity index (χ0n) is 10.4. The van der Waals surface area contributed by atoms with Crippen LogP contribution in [0.25, 0.3) is 0 Å². The highest BCUT2D eigenvalue weighted by Gasteiger charge is 2.34. The van der Waals surface area contributed by atoms with Crippen molar-refractivity contribution >= 4 is 0 Å². The smallest absolute Gasteiger partial charge is 0.122 e. The molecule has 1 aromatic rings. The molecule has 0 N–H and O–H groups in total. The van der Waals surface area contributed by atoms with Crippen molar-refractivity contribution in [1.29, 1.82) is 0 Å². The van der Waals surface area contributed by atoms with E-state index in [4.69, 9.17) is 4.74 Å². The van der Waals surface area contributed by atoms with Gasteiger partial charge < -0.3 is 4.74 Å². The Labute approximate surface area is 98.0 Å². The number of aromatic nitrogens is 1. The molecule has 2 rings (SSSR count). The van der Waals surface area contributed by atoms with Crippen LogP contribution in [-0.2, 0) is 0 Å². The minimum atomic E-state index is 0.380. The Kier molecular flexibility index (Phi) is 3.17. The van der Waals surface area contributed by atoms with Gasteiger partial charge in [-0.05, 0) is 42.7 Å². The third-order valence-corrected chi connectivity index (χ3v) is 4.01. The normalized spacial score (nSPS) is 28.7. The zero-order chi connectivity index (χ0) is 11.6. The third kappa shape index (κ3) is 2.55. The summed E-state index contributed by atoms with van der Waals surface area (Å²) in [5.74, 6) is 1.68. The van der Waals surface area contributed by atoms with Crippen LogP contribution in [0.2, 0.25) is 0 Å². The summed E-state index contributed by atoms with van der Waals surface area (Å²) >= 11 is 0. The fourth-order valence-corrected chi connectivity index (χ4v) is 2.33. The number of pyridine rings is 1. The molecule has 1 heterocycles. The molecule has 1 aliphatic rings. The third-order valence-electron chi connectivity index (χ3n) is 4.01. The van der Waals surface area contributed by atoms with Crippen LogP contribution in [0.1, 0.15) is 40.0 Å². The van der Waals surface area contributed by atoms with E-state index in [-0.39, 0.29) is 0 Å². The maximum Gasteiger partial charge on any atom is 0.122 e. The Morgan fingerprint density at radius 3 is 2.62 bits per heavy atom. The van der Waals surface area contributed by atoms with E-state index < -0.39 is 0 Å². The number of rotatable bonds is 2. The van der Waals surface area contributed by atoms with Gasteiger partial charge in [0.15, 0.2) is 0 Å². The van der Waals surface area contributed by atoms with Gasteiger partial charge in [-0.1, -0.05) is 20.8 Å². The van der Waals surface area contributed by atoms with E-state index in [0.29, 0.717) is 11.5 Å². The summed E-state index contributed by atoms with van der Waals surface area (Å²) in [5.41, 5.74) is 0.470. The molecule has 16 heavy (non-hydrogen) atoms. The zero-order valence-corrected chi connectivity index (χ0v) is 10.4. The first-order chi connectivity index (χ1) is 7.58. The van der Waals surface area contributed by atoms with Crippen molar-refractivity contribution in [2.24, 2.45) is 11.3 Å². The molecule has 2 nitrogen and oxygen atoms in total. The quantitative estimate of drug-likeness (QED) is 0.757. The van der Waals surface area contributed by atoms with E-state index in [1.54, 1.807) is 12.4 Å². The fraction of sp³-hybridized carbons (Fsp3) is 0.643. The predicted octanol–water partition coefficient (Wildman–Crippen LogP) is 3.68. The van der Waals surface area contributed by atoms with Crippen molar-refractivity contribution in [3.8, 4) is 5.75 Å². The summed E-state index contributed by atoms with van der Waals surface area (Å²) in [7, 11) is 0. The van der Waals surface area contributed by atoms with Crippen LogP contribution < -0.4 is 4.74 Å². The molecule has 2 heteroatoms. The lowest BCUT2D eigenvalue weighted by atomic mass is 9.69. The minimum absolute atomic E-state index is 0.380. The number of hydrogen-bond donors (Lipinski definition) is 0. The average Bonchev–Trinajstić information content (AvgIpc) is 2.26. The van der Waals surface area contributed by atoms with E-state index in [1.165, 1.54) is 12.8 Å². The SMILES string of the molecule is C[C@H]1C[C@@H](Oc2ccncc2)CCC1(C)C. The Balaban J connectivity index is 1.94. The van der Waals surface area contributed by atoms with Crippen LogP contribution in [0.15, 0.2) is 24.5 Å². The van der Waals surface area contributed by atoms with Gasteiger partial charge in [0.2, 0.25) is 0 Å². The van der Waals surface area contributed by atoms with E-state index in [9.17, 15) is 0 Å². The van der Waals surface area contributed by atoms with Crippen molar-refractivity contribution in [3.05, 3.63) is 24.5 Å². The molecule has 0 saturated heterocycles. The molecule has 1 fully saturated rings. The van der Waals surface area contributed by atoms with Crippen molar-refractivity contribution < 1.29 is 4.74 Å². The van der Waals surface area contributed by atoms with Crippen LogP contribution >= 0.6 is 0 Å². The summed E-state index contributed by atoms with van der Waals surface area (Å²) in [4.78, 5) is 4.00. The average molecular weight is 219 g/mol. The van der Waals surface area contributed by atoms with Gasteiger partial charge in [-0.25, -0.2) is 0 Å². The fourth-order valence-electron chi connectivity index (χ4n) is 2.33. The number of ether oxygens (including phenoxy) is 1. The first-order valence-corrected chi connectivity index (χ1v) is 6.14. The van der Waals surface area contributed by atoms with Crippen molar-refractivity contribution in [3.63, 3.8) is 0 Å². The van der Waals surface area contributed by atoms with Gasteiger partial charge in [0.25, 0.3) is 0 Å². The molecule has 0 amide bonds. The molecule has 0 bridgehead atoms. The summed E-state index contributed by atoms with van der Waals surface area (Å²) < 4.78 is 5.98. The summed E-state index contributed by atoms with van der Waals surface area (Å²) in [5, 5.41) is 0. The van der Waals surface area contributed by atoms with E-state index in [2.05, 4.69) is 25.8 Å². The molecule has 88 valence electrons. The number of nitrogens with zero attached hydrogens (tertiary/aromatic N) is 1. The molecular weight excluding hydrogens is 198 g/mol. The molecule has 0 spiro atoms. The number of hydrogen-bond acceptors (Lipinski definition) is 2. The van der Waals surface area contributed by atoms with Gasteiger partial charge in [0.05, 0.1) is 6.10 Å². The predicted molar refractivity (Wildman–Crippen MR) is 65.4 cm³/mol. The van der Waals surface area contributed by atoms with Crippen LogP contribution in [0.3, 0.4) is 0 Å². The highest BCUT2D eigenvalue weighted by molar-refractivity contribution is 5.17. The molecule has 0 aliphatic heterocycles. The van der Waals surface area contributed by atoms with Gasteiger partial charge in [-0.15, -0.1) is 0 Å². The highest BCUT2D eigenvalue weighted by Crippen LogP contribution is 2.41. The lowest BCUT2D eigenvalue weighted by Gasteiger charge is -2.40. The summed E-state index contributed by atoms with van der Waals surface area (Å²) in [6.07, 6.45) is 7.53. The Hall–Kier alpha value is -1.05. The lowest BCUT2D eigenvalue weighted by molar-refractivity contribution is 0.0515. The molecule has 0 radical (unpaired) electrons. The van der Waals surface area contributed by atoms with Crippen molar-refractivity contribution in [2.75, 3.05) is 0 Å². The van der Waals surface area contributed by atoms with Gasteiger partial charge >= 0.3 is 0 Å². The first-order valence-electron chi connectivity index (χ1n) is 6.14. The van der Waals surface area contributed by atoms with Crippen molar-refractivity contribution in [1.82, 2.24) is 4.98 Å². The molecular formula is C14H21NO. The molecule has 2 atom stereocenters. The van der Waals surface area contributed by atoms with Crippen molar-refractivity contribution in [2.45, 2.75) is 46.1 Å². The van der Waals surface area contributed by atoms with E-state index in [1.807, 2.05) is 12.1 Å². The molecule has 0 aromatic carbocycles. The van der Waals surface area contributed by atoms with Crippen LogP contribution in [-0.4, -0.2) is 11.1 Å². The van der Waals surface area contributed by atoms with Gasteiger partial charge in [-0.2, -0.15) is 0 Å². The van der Waals surface area contributed by atoms with Gasteiger partial charge in [0, 0.05) is 12.4 Å². The Morgan fingerprint density at radius 2 is 2.00 bits per heavy atom. The van der Waals surface area contributed by atoms with E-state index >= 15 is 0 Å². The second kappa shape index (κ2) is 4.44. The maximum absolute atomic E-state index is 5.98. The van der Waals surface area contributed by atoms with Crippen LogP contribution in [0.5, 0.6) is 5.75 Å². The summed E-state index contributed by atoms with van der Waals surface area (Å²) in [6.45, 7) is 7.06. The highest BCUT2D eigenvalue weighted by atomic mass is 16.5. The molecule has 1 aliphatic carbocycles. The summed E-state index contributed by atoms with van der Waals surface area (Å²) in [6, 6.07) is 3.87. The second-order valence-electron chi connectivity index (χ2n) is 5.59. The Morgan fingerprint density at radius 1 is 1.31 bits per heavy atom. The van der Waals surface area contributed by atoms with E-state index in [0.717, 1.165) is 18.1 Å². The van der Waals surface area contributed by atoms with Gasteiger partial charge in [-0.3, -0.25) is 4.98 Å². The lowest BCUT2D eigenvalue weighted by Crippen LogP contribution is -2.35.